The van der Waals surface area contributed by atoms with Gasteiger partial charge in [0, 0.05) is 4.90 Å². The van der Waals surface area contributed by atoms with Gasteiger partial charge in [0.25, 0.3) is 0 Å². The molecule has 0 bridgehead atoms. The number of rotatable bonds is 5. The molecule has 0 aliphatic heterocycles. The summed E-state index contributed by atoms with van der Waals surface area (Å²) >= 11 is 1.75. The molecule has 0 spiro atoms. The minimum atomic E-state index is -0.378. The fourth-order valence-corrected chi connectivity index (χ4v) is 3.57. The highest BCUT2D eigenvalue weighted by Crippen LogP contribution is 2.23. The summed E-state index contributed by atoms with van der Waals surface area (Å²) in [5.74, 6) is 1.16. The molecule has 0 N–H and O–H groups in total. The van der Waals surface area contributed by atoms with Gasteiger partial charge in [-0.05, 0) is 58.5 Å². The molecule has 0 aromatic heterocycles. The third-order valence-electron chi connectivity index (χ3n) is 4.25. The number of benzene rings is 3. The standard InChI is InChI=1S/C24H22O2S/c1-4-27-20-15-13-19(14-16-20)26-24(25)23(21-11-7-5-9-17(21)2)22-12-8-6-10-18(22)3/h5-16H,2,4H2,1,3H3/b23-21+. The summed E-state index contributed by atoms with van der Waals surface area (Å²) in [5, 5.41) is 1.58. The van der Waals surface area contributed by atoms with E-state index in [0.29, 0.717) is 11.3 Å². The first-order valence-corrected chi connectivity index (χ1v) is 9.88. The lowest BCUT2D eigenvalue weighted by molar-refractivity contribution is -0.128. The van der Waals surface area contributed by atoms with Gasteiger partial charge in [0.2, 0.25) is 0 Å². The maximum absolute atomic E-state index is 13.1. The average Bonchev–Trinajstić information content (AvgIpc) is 2.67. The lowest BCUT2D eigenvalue weighted by atomic mass is 9.98. The van der Waals surface area contributed by atoms with Crippen LogP contribution in [0.2, 0.25) is 0 Å². The summed E-state index contributed by atoms with van der Waals surface area (Å²) in [6.07, 6.45) is 0. The van der Waals surface area contributed by atoms with Crippen LogP contribution in [0.5, 0.6) is 5.75 Å². The Labute approximate surface area is 164 Å². The van der Waals surface area contributed by atoms with Crippen LogP contribution in [0.3, 0.4) is 0 Å². The van der Waals surface area contributed by atoms with Crippen LogP contribution in [-0.4, -0.2) is 11.7 Å². The van der Waals surface area contributed by atoms with Gasteiger partial charge in [-0.15, -0.1) is 11.8 Å². The van der Waals surface area contributed by atoms with Gasteiger partial charge < -0.3 is 4.74 Å². The SMILES string of the molecule is C=c1cccc/c1=C(\C(=O)Oc1ccc(SCC)cc1)c1ccccc1C. The zero-order valence-electron chi connectivity index (χ0n) is 15.6. The molecule has 3 aromatic carbocycles. The molecular formula is C24H22O2S. The smallest absolute Gasteiger partial charge is 0.344 e. The minimum Gasteiger partial charge on any atom is -0.423 e. The Morgan fingerprint density at radius 3 is 2.30 bits per heavy atom. The first-order chi connectivity index (χ1) is 13.1. The van der Waals surface area contributed by atoms with Crippen molar-refractivity contribution in [3.63, 3.8) is 0 Å². The van der Waals surface area contributed by atoms with Gasteiger partial charge in [0.05, 0.1) is 5.57 Å². The van der Waals surface area contributed by atoms with Gasteiger partial charge in [-0.2, -0.15) is 0 Å². The predicted molar refractivity (Wildman–Crippen MR) is 113 cm³/mol. The van der Waals surface area contributed by atoms with E-state index in [1.807, 2.05) is 79.7 Å². The Balaban J connectivity index is 2.06. The number of thioether (sulfide) groups is 1. The number of carbonyl (C=O) groups excluding carboxylic acids is 1. The number of ether oxygens (including phenoxy) is 1. The van der Waals surface area contributed by atoms with Crippen molar-refractivity contribution >= 4 is 29.9 Å². The number of esters is 1. The second-order valence-electron chi connectivity index (χ2n) is 6.14. The molecule has 0 aliphatic carbocycles. The second kappa shape index (κ2) is 8.74. The Bertz CT molecular complexity index is 1050. The quantitative estimate of drug-likeness (QED) is 0.378. The summed E-state index contributed by atoms with van der Waals surface area (Å²) in [4.78, 5) is 14.3. The highest BCUT2D eigenvalue weighted by Gasteiger charge is 2.17. The van der Waals surface area contributed by atoms with Crippen molar-refractivity contribution in [3.8, 4) is 5.75 Å². The Morgan fingerprint density at radius 1 is 0.963 bits per heavy atom. The van der Waals surface area contributed by atoms with E-state index < -0.39 is 0 Å². The van der Waals surface area contributed by atoms with Crippen molar-refractivity contribution in [1.29, 1.82) is 0 Å². The van der Waals surface area contributed by atoms with Gasteiger partial charge >= 0.3 is 5.97 Å². The lowest BCUT2D eigenvalue weighted by Gasteiger charge is -2.12. The molecule has 2 nitrogen and oxygen atoms in total. The normalized spacial score (nSPS) is 11.8. The monoisotopic (exact) mass is 374 g/mol. The molecule has 0 saturated carbocycles. The number of hydrogen-bond acceptors (Lipinski definition) is 3. The van der Waals surface area contributed by atoms with Crippen LogP contribution in [0.4, 0.5) is 0 Å². The highest BCUT2D eigenvalue weighted by atomic mass is 32.2. The van der Waals surface area contributed by atoms with Gasteiger partial charge in [0.15, 0.2) is 0 Å². The van der Waals surface area contributed by atoms with Gasteiger partial charge in [-0.1, -0.05) is 62.0 Å². The molecule has 0 saturated heterocycles. The zero-order valence-corrected chi connectivity index (χ0v) is 16.4. The molecule has 0 aliphatic rings. The molecule has 0 fully saturated rings. The number of hydrogen-bond donors (Lipinski definition) is 0. The summed E-state index contributed by atoms with van der Waals surface area (Å²) in [7, 11) is 0. The van der Waals surface area contributed by atoms with Gasteiger partial charge in [-0.3, -0.25) is 0 Å². The van der Waals surface area contributed by atoms with E-state index >= 15 is 0 Å². The van der Waals surface area contributed by atoms with Crippen LogP contribution in [0.15, 0.2) is 77.7 Å². The van der Waals surface area contributed by atoms with Crippen LogP contribution in [0.25, 0.3) is 12.2 Å². The fraction of sp³-hybridized carbons (Fsp3) is 0.125. The highest BCUT2D eigenvalue weighted by molar-refractivity contribution is 7.99. The maximum atomic E-state index is 13.1. The van der Waals surface area contributed by atoms with Gasteiger partial charge in [0.1, 0.15) is 5.75 Å². The molecule has 0 unspecified atom stereocenters. The summed E-state index contributed by atoms with van der Waals surface area (Å²) < 4.78 is 5.72. The number of aryl methyl sites for hydroxylation is 1. The zero-order chi connectivity index (χ0) is 19.2. The Hall–Kier alpha value is -2.78. The summed E-state index contributed by atoms with van der Waals surface area (Å²) in [5.41, 5.74) is 2.41. The topological polar surface area (TPSA) is 26.3 Å². The van der Waals surface area contributed by atoms with Crippen molar-refractivity contribution in [2.24, 2.45) is 0 Å². The van der Waals surface area contributed by atoms with Gasteiger partial charge in [-0.25, -0.2) is 4.79 Å². The van der Waals surface area contributed by atoms with Crippen LogP contribution in [0, 0.1) is 6.92 Å². The molecule has 0 amide bonds. The van der Waals surface area contributed by atoms with E-state index in [4.69, 9.17) is 4.74 Å². The van der Waals surface area contributed by atoms with Crippen LogP contribution >= 0.6 is 11.8 Å². The molecule has 0 heterocycles. The first kappa shape index (κ1) is 19.0. The van der Waals surface area contributed by atoms with E-state index in [1.165, 1.54) is 0 Å². The molecule has 136 valence electrons. The molecule has 3 aromatic rings. The third-order valence-corrected chi connectivity index (χ3v) is 5.14. The molecular weight excluding hydrogens is 352 g/mol. The molecule has 3 rings (SSSR count). The van der Waals surface area contributed by atoms with Crippen LogP contribution in [0.1, 0.15) is 18.1 Å². The molecule has 0 atom stereocenters. The molecule has 27 heavy (non-hydrogen) atoms. The molecule has 3 heteroatoms. The number of carbonyl (C=O) groups is 1. The Kier molecular flexibility index (Phi) is 6.15. The maximum Gasteiger partial charge on any atom is 0.344 e. The van der Waals surface area contributed by atoms with Crippen LogP contribution < -0.4 is 15.2 Å². The summed E-state index contributed by atoms with van der Waals surface area (Å²) in [6, 6.07) is 23.1. The van der Waals surface area contributed by atoms with Crippen molar-refractivity contribution < 1.29 is 9.53 Å². The van der Waals surface area contributed by atoms with Crippen molar-refractivity contribution in [1.82, 2.24) is 0 Å². The van der Waals surface area contributed by atoms with E-state index in [9.17, 15) is 4.79 Å². The third kappa shape index (κ3) is 4.50. The first-order valence-electron chi connectivity index (χ1n) is 8.89. The van der Waals surface area contributed by atoms with E-state index in [-0.39, 0.29) is 5.97 Å². The minimum absolute atomic E-state index is 0.378. The van der Waals surface area contributed by atoms with Crippen molar-refractivity contribution in [3.05, 3.63) is 94.4 Å². The lowest BCUT2D eigenvalue weighted by Crippen LogP contribution is -2.30. The van der Waals surface area contributed by atoms with Crippen molar-refractivity contribution in [2.45, 2.75) is 18.7 Å². The predicted octanol–water partition coefficient (Wildman–Crippen LogP) is 4.32. The van der Waals surface area contributed by atoms with Crippen LogP contribution in [-0.2, 0) is 4.79 Å². The fourth-order valence-electron chi connectivity index (χ4n) is 2.91. The van der Waals surface area contributed by atoms with E-state index in [1.54, 1.807) is 11.8 Å². The van der Waals surface area contributed by atoms with Crippen molar-refractivity contribution in [2.75, 3.05) is 5.75 Å². The summed E-state index contributed by atoms with van der Waals surface area (Å²) in [6.45, 7) is 8.19. The largest absolute Gasteiger partial charge is 0.423 e. The average molecular weight is 375 g/mol. The van der Waals surface area contributed by atoms with E-state index in [0.717, 1.165) is 32.2 Å². The Morgan fingerprint density at radius 2 is 1.63 bits per heavy atom. The second-order valence-corrected chi connectivity index (χ2v) is 7.48. The van der Waals surface area contributed by atoms with E-state index in [2.05, 4.69) is 13.5 Å². The molecule has 0 radical (unpaired) electrons.